The zero-order valence-corrected chi connectivity index (χ0v) is 14.3. The number of para-hydroxylation sites is 1. The Morgan fingerprint density at radius 3 is 3.08 bits per heavy atom. The number of carbonyl (C=O) groups is 1. The lowest BCUT2D eigenvalue weighted by atomic mass is 9.95. The van der Waals surface area contributed by atoms with Crippen LogP contribution in [0.3, 0.4) is 0 Å². The molecule has 0 radical (unpaired) electrons. The Hall–Kier alpha value is -1.67. The molecule has 1 saturated heterocycles. The number of carbonyl (C=O) groups excluding carboxylic acids is 1. The number of rotatable bonds is 3. The monoisotopic (exact) mass is 353 g/mol. The minimum Gasteiger partial charge on any atom is -0.379 e. The van der Waals surface area contributed by atoms with Crippen molar-refractivity contribution in [2.24, 2.45) is 5.92 Å². The highest BCUT2D eigenvalue weighted by molar-refractivity contribution is 6.34. The number of benzene rings is 1. The maximum absolute atomic E-state index is 12.7. The van der Waals surface area contributed by atoms with E-state index in [0.29, 0.717) is 46.4 Å². The maximum Gasteiger partial charge on any atom is 0.253 e. The summed E-state index contributed by atoms with van der Waals surface area (Å²) >= 11 is 6.10. The molecule has 7 nitrogen and oxygen atoms in total. The van der Waals surface area contributed by atoms with Crippen molar-refractivity contribution in [3.05, 3.63) is 28.9 Å². The van der Waals surface area contributed by atoms with Gasteiger partial charge in [-0.1, -0.05) is 22.8 Å². The van der Waals surface area contributed by atoms with Gasteiger partial charge < -0.3 is 14.6 Å². The molecule has 0 saturated carbocycles. The van der Waals surface area contributed by atoms with Gasteiger partial charge in [-0.2, -0.15) is 0 Å². The van der Waals surface area contributed by atoms with Gasteiger partial charge in [-0.3, -0.25) is 10.0 Å². The number of ether oxygens (including phenoxy) is 1. The molecule has 1 aliphatic heterocycles. The van der Waals surface area contributed by atoms with Crippen LogP contribution in [-0.2, 0) is 15.1 Å². The van der Waals surface area contributed by atoms with Crippen molar-refractivity contribution in [2.75, 3.05) is 26.3 Å². The van der Waals surface area contributed by atoms with E-state index < -0.39 is 17.4 Å². The van der Waals surface area contributed by atoms with Crippen LogP contribution in [0.15, 0.2) is 22.7 Å². The van der Waals surface area contributed by atoms with Crippen LogP contribution in [0.5, 0.6) is 0 Å². The second-order valence-electron chi connectivity index (χ2n) is 6.33. The third-order valence-corrected chi connectivity index (χ3v) is 4.55. The van der Waals surface area contributed by atoms with Crippen molar-refractivity contribution in [1.29, 1.82) is 0 Å². The summed E-state index contributed by atoms with van der Waals surface area (Å²) in [4.78, 5) is 12.7. The molecule has 1 amide bonds. The first-order chi connectivity index (χ1) is 11.4. The van der Waals surface area contributed by atoms with Crippen LogP contribution in [0.2, 0.25) is 5.02 Å². The van der Waals surface area contributed by atoms with Crippen molar-refractivity contribution in [2.45, 2.75) is 19.4 Å². The zero-order valence-electron chi connectivity index (χ0n) is 13.6. The number of hydroxylamine groups is 2. The van der Waals surface area contributed by atoms with Crippen molar-refractivity contribution in [3.63, 3.8) is 0 Å². The predicted octanol–water partition coefficient (Wildman–Crippen LogP) is 2.17. The Balaban J connectivity index is 1.90. The lowest BCUT2D eigenvalue weighted by Crippen LogP contribution is -2.48. The summed E-state index contributed by atoms with van der Waals surface area (Å²) in [5.74, 6) is -0.883. The van der Waals surface area contributed by atoms with Crippen molar-refractivity contribution >= 4 is 28.5 Å². The van der Waals surface area contributed by atoms with E-state index in [2.05, 4.69) is 10.5 Å². The molecule has 0 bridgehead atoms. The highest BCUT2D eigenvalue weighted by Crippen LogP contribution is 2.35. The zero-order chi connectivity index (χ0) is 17.3. The molecule has 1 aromatic carbocycles. The number of fused-ring (bicyclic) bond motifs is 1. The topological polar surface area (TPSA) is 87.8 Å². The minimum atomic E-state index is -1.08. The SMILES string of the molecule is CC(C)(c1noc2c(Cl)cccc12)N(O)C(=O)C1CNCCOC1. The summed E-state index contributed by atoms with van der Waals surface area (Å²) in [7, 11) is 0. The molecule has 8 heteroatoms. The minimum absolute atomic E-state index is 0.268. The van der Waals surface area contributed by atoms with Gasteiger partial charge in [0, 0.05) is 18.5 Å². The van der Waals surface area contributed by atoms with E-state index in [9.17, 15) is 10.0 Å². The van der Waals surface area contributed by atoms with Crippen LogP contribution >= 0.6 is 11.6 Å². The van der Waals surface area contributed by atoms with E-state index in [-0.39, 0.29) is 6.61 Å². The molecule has 0 aliphatic carbocycles. The molecule has 2 aromatic rings. The molecule has 130 valence electrons. The highest BCUT2D eigenvalue weighted by atomic mass is 35.5. The number of hydrogen-bond acceptors (Lipinski definition) is 6. The average Bonchev–Trinajstić information content (AvgIpc) is 2.83. The molecule has 2 heterocycles. The van der Waals surface area contributed by atoms with Crippen molar-refractivity contribution in [1.82, 2.24) is 15.5 Å². The van der Waals surface area contributed by atoms with Gasteiger partial charge in [-0.25, -0.2) is 5.06 Å². The van der Waals surface area contributed by atoms with E-state index in [1.165, 1.54) is 0 Å². The van der Waals surface area contributed by atoms with Gasteiger partial charge in [-0.05, 0) is 26.0 Å². The Morgan fingerprint density at radius 1 is 1.50 bits per heavy atom. The van der Waals surface area contributed by atoms with E-state index in [0.717, 1.165) is 0 Å². The van der Waals surface area contributed by atoms with Crippen LogP contribution in [-0.4, -0.2) is 47.6 Å². The normalized spacial score (nSPS) is 19.2. The first-order valence-electron chi connectivity index (χ1n) is 7.78. The summed E-state index contributed by atoms with van der Waals surface area (Å²) < 4.78 is 10.7. The summed E-state index contributed by atoms with van der Waals surface area (Å²) in [6.07, 6.45) is 0. The largest absolute Gasteiger partial charge is 0.379 e. The summed E-state index contributed by atoms with van der Waals surface area (Å²) in [5.41, 5.74) is -0.208. The lowest BCUT2D eigenvalue weighted by Gasteiger charge is -2.33. The van der Waals surface area contributed by atoms with E-state index in [1.807, 2.05) is 0 Å². The number of nitrogens with one attached hydrogen (secondary N) is 1. The molecule has 1 aromatic heterocycles. The van der Waals surface area contributed by atoms with Gasteiger partial charge in [0.2, 0.25) is 0 Å². The molecule has 1 fully saturated rings. The summed E-state index contributed by atoms with van der Waals surface area (Å²) in [6, 6.07) is 5.26. The molecular formula is C16H20ClN3O4. The number of amides is 1. The molecule has 0 spiro atoms. The number of hydrogen-bond donors (Lipinski definition) is 2. The number of halogens is 1. The quantitative estimate of drug-likeness (QED) is 0.649. The second-order valence-corrected chi connectivity index (χ2v) is 6.74. The fourth-order valence-corrected chi connectivity index (χ4v) is 2.99. The first-order valence-corrected chi connectivity index (χ1v) is 8.16. The Labute approximate surface area is 144 Å². The maximum atomic E-state index is 12.7. The summed E-state index contributed by atoms with van der Waals surface area (Å²) in [6.45, 7) is 5.36. The predicted molar refractivity (Wildman–Crippen MR) is 87.9 cm³/mol. The van der Waals surface area contributed by atoms with Crippen LogP contribution < -0.4 is 5.32 Å². The van der Waals surface area contributed by atoms with Gasteiger partial charge in [0.15, 0.2) is 5.58 Å². The van der Waals surface area contributed by atoms with Gasteiger partial charge in [-0.15, -0.1) is 0 Å². The molecule has 2 N–H and O–H groups in total. The Bertz CT molecular complexity index is 738. The van der Waals surface area contributed by atoms with Gasteiger partial charge in [0.25, 0.3) is 5.91 Å². The molecule has 1 aliphatic rings. The third kappa shape index (κ3) is 3.00. The molecule has 24 heavy (non-hydrogen) atoms. The standard InChI is InChI=1S/C16H20ClN3O4/c1-16(2,14-11-4-3-5-12(17)13(11)24-19-14)20(22)15(21)10-8-18-6-7-23-9-10/h3-5,10,18,22H,6-9H2,1-2H3. The summed E-state index contributed by atoms with van der Waals surface area (Å²) in [5, 5.41) is 19.5. The van der Waals surface area contributed by atoms with Crippen LogP contribution in [0.4, 0.5) is 0 Å². The molecule has 1 atom stereocenters. The van der Waals surface area contributed by atoms with Crippen LogP contribution in [0.1, 0.15) is 19.5 Å². The fraction of sp³-hybridized carbons (Fsp3) is 0.500. The average molecular weight is 354 g/mol. The first kappa shape index (κ1) is 17.2. The third-order valence-electron chi connectivity index (χ3n) is 4.25. The molecule has 3 rings (SSSR count). The number of nitrogens with zero attached hydrogens (tertiary/aromatic N) is 2. The van der Waals surface area contributed by atoms with Gasteiger partial charge >= 0.3 is 0 Å². The van der Waals surface area contributed by atoms with Gasteiger partial charge in [0.1, 0.15) is 11.2 Å². The lowest BCUT2D eigenvalue weighted by molar-refractivity contribution is -0.198. The van der Waals surface area contributed by atoms with Gasteiger partial charge in [0.05, 0.1) is 24.2 Å². The number of aromatic nitrogens is 1. The van der Waals surface area contributed by atoms with E-state index in [4.69, 9.17) is 20.9 Å². The highest BCUT2D eigenvalue weighted by Gasteiger charge is 2.39. The Morgan fingerprint density at radius 2 is 2.29 bits per heavy atom. The fourth-order valence-electron chi connectivity index (χ4n) is 2.78. The smallest absolute Gasteiger partial charge is 0.253 e. The van der Waals surface area contributed by atoms with Crippen molar-refractivity contribution in [3.8, 4) is 0 Å². The molecular weight excluding hydrogens is 334 g/mol. The van der Waals surface area contributed by atoms with Crippen molar-refractivity contribution < 1.29 is 19.3 Å². The van der Waals surface area contributed by atoms with E-state index in [1.54, 1.807) is 32.0 Å². The van der Waals surface area contributed by atoms with Crippen LogP contribution in [0, 0.1) is 5.92 Å². The second kappa shape index (κ2) is 6.68. The molecule has 1 unspecified atom stereocenters. The van der Waals surface area contributed by atoms with E-state index >= 15 is 0 Å². The Kier molecular flexibility index (Phi) is 4.78. The van der Waals surface area contributed by atoms with Crippen LogP contribution in [0.25, 0.3) is 11.0 Å².